The van der Waals surface area contributed by atoms with Gasteiger partial charge in [0.15, 0.2) is 6.10 Å². The number of carbonyl (C=O) groups is 4. The molecule has 8 heteroatoms. The molecule has 0 aliphatic rings. The fourth-order valence-corrected chi connectivity index (χ4v) is 4.93. The van der Waals surface area contributed by atoms with Gasteiger partial charge >= 0.3 is 17.9 Å². The molecule has 0 spiro atoms. The van der Waals surface area contributed by atoms with Crippen molar-refractivity contribution in [2.24, 2.45) is 17.8 Å². The van der Waals surface area contributed by atoms with Gasteiger partial charge in [-0.25, -0.2) is 0 Å². The zero-order chi connectivity index (χ0) is 31.4. The molecule has 8 nitrogen and oxygen atoms in total. The van der Waals surface area contributed by atoms with E-state index in [1.165, 1.54) is 4.90 Å². The summed E-state index contributed by atoms with van der Waals surface area (Å²) in [6, 6.07) is 0. The lowest BCUT2D eigenvalue weighted by molar-refractivity contribution is -0.166. The maximum atomic E-state index is 13.6. The van der Waals surface area contributed by atoms with Crippen molar-refractivity contribution in [3.8, 4) is 0 Å². The third kappa shape index (κ3) is 15.6. The Morgan fingerprint density at radius 2 is 0.854 bits per heavy atom. The van der Waals surface area contributed by atoms with E-state index >= 15 is 0 Å². The van der Waals surface area contributed by atoms with Gasteiger partial charge < -0.3 is 19.1 Å². The Balaban J connectivity index is 5.63. The number of ether oxygens (including phenoxy) is 3. The normalized spacial score (nSPS) is 15.6. The summed E-state index contributed by atoms with van der Waals surface area (Å²) >= 11 is 0. The van der Waals surface area contributed by atoms with Crippen LogP contribution in [0.3, 0.4) is 0 Å². The van der Waals surface area contributed by atoms with Gasteiger partial charge in [0, 0.05) is 0 Å². The van der Waals surface area contributed by atoms with Crippen molar-refractivity contribution in [2.75, 3.05) is 13.1 Å². The van der Waals surface area contributed by atoms with E-state index < -0.39 is 24.2 Å². The summed E-state index contributed by atoms with van der Waals surface area (Å²) in [5.41, 5.74) is 0. The van der Waals surface area contributed by atoms with E-state index in [1.807, 2.05) is 20.8 Å². The fourth-order valence-electron chi connectivity index (χ4n) is 4.93. The minimum Gasteiger partial charge on any atom is -0.461 e. The van der Waals surface area contributed by atoms with Crippen molar-refractivity contribution in [1.82, 2.24) is 4.90 Å². The minimum atomic E-state index is -1.01. The highest BCUT2D eigenvalue weighted by molar-refractivity contribution is 5.84. The molecule has 0 aromatic rings. The highest BCUT2D eigenvalue weighted by atomic mass is 16.6. The second kappa shape index (κ2) is 22.5. The molecular formula is C33H61NO7. The van der Waals surface area contributed by atoms with Crippen LogP contribution in [-0.4, -0.2) is 60.1 Å². The highest BCUT2D eigenvalue weighted by Gasteiger charge is 2.31. The molecule has 0 aliphatic heterocycles. The summed E-state index contributed by atoms with van der Waals surface area (Å²) in [4.78, 5) is 53.5. The number of carbonyl (C=O) groups excluding carboxylic acids is 4. The van der Waals surface area contributed by atoms with E-state index in [2.05, 4.69) is 20.8 Å². The Bertz CT molecular complexity index is 718. The van der Waals surface area contributed by atoms with Crippen LogP contribution < -0.4 is 0 Å². The second-order valence-electron chi connectivity index (χ2n) is 11.6. The van der Waals surface area contributed by atoms with Gasteiger partial charge in [0.1, 0.15) is 12.2 Å². The first-order chi connectivity index (χ1) is 19.5. The molecule has 0 saturated carbocycles. The van der Waals surface area contributed by atoms with Crippen LogP contribution in [0.15, 0.2) is 0 Å². The lowest BCUT2D eigenvalue weighted by atomic mass is 9.99. The van der Waals surface area contributed by atoms with Gasteiger partial charge in [-0.15, -0.1) is 0 Å². The molecule has 240 valence electrons. The molecule has 0 saturated heterocycles. The van der Waals surface area contributed by atoms with E-state index in [-0.39, 0.29) is 48.8 Å². The molecule has 1 amide bonds. The van der Waals surface area contributed by atoms with Crippen molar-refractivity contribution in [2.45, 2.75) is 158 Å². The number of hydrogen-bond acceptors (Lipinski definition) is 7. The molecule has 0 radical (unpaired) electrons. The van der Waals surface area contributed by atoms with E-state index in [9.17, 15) is 19.2 Å². The first-order valence-corrected chi connectivity index (χ1v) is 16.4. The predicted octanol–water partition coefficient (Wildman–Crippen LogP) is 7.26. The van der Waals surface area contributed by atoms with Crippen LogP contribution in [0.25, 0.3) is 0 Å². The van der Waals surface area contributed by atoms with Crippen LogP contribution in [0.2, 0.25) is 0 Å². The minimum absolute atomic E-state index is 0.110. The zero-order valence-corrected chi connectivity index (χ0v) is 27.7. The molecular weight excluding hydrogens is 522 g/mol. The zero-order valence-electron chi connectivity index (χ0n) is 27.7. The monoisotopic (exact) mass is 583 g/mol. The Morgan fingerprint density at radius 3 is 1.15 bits per heavy atom. The topological polar surface area (TPSA) is 99.2 Å². The Hall–Kier alpha value is -2.12. The molecule has 0 heterocycles. The Labute approximate surface area is 250 Å². The third-order valence-electron chi connectivity index (χ3n) is 7.74. The Kier molecular flexibility index (Phi) is 21.3. The first kappa shape index (κ1) is 38.9. The molecule has 6 atom stereocenters. The molecule has 0 N–H and O–H groups in total. The van der Waals surface area contributed by atoms with Gasteiger partial charge in [-0.2, -0.15) is 0 Å². The summed E-state index contributed by atoms with van der Waals surface area (Å²) in [5, 5.41) is 0. The van der Waals surface area contributed by atoms with Gasteiger partial charge in [0.25, 0.3) is 5.91 Å². The van der Waals surface area contributed by atoms with Gasteiger partial charge in [-0.05, 0) is 59.3 Å². The van der Waals surface area contributed by atoms with Gasteiger partial charge in [-0.3, -0.25) is 19.2 Å². The van der Waals surface area contributed by atoms with Crippen LogP contribution in [0, 0.1) is 17.8 Å². The third-order valence-corrected chi connectivity index (χ3v) is 7.74. The Morgan fingerprint density at radius 1 is 0.537 bits per heavy atom. The summed E-state index contributed by atoms with van der Waals surface area (Å²) in [5.74, 6) is -1.89. The number of esters is 3. The number of nitrogens with zero attached hydrogens (tertiary/aromatic N) is 1. The van der Waals surface area contributed by atoms with E-state index in [1.54, 1.807) is 20.8 Å². The largest absolute Gasteiger partial charge is 0.461 e. The van der Waals surface area contributed by atoms with Crippen molar-refractivity contribution in [3.05, 3.63) is 0 Å². The van der Waals surface area contributed by atoms with E-state index in [4.69, 9.17) is 14.2 Å². The van der Waals surface area contributed by atoms with Gasteiger partial charge in [0.05, 0.1) is 30.8 Å². The molecule has 0 bridgehead atoms. The average molecular weight is 584 g/mol. The number of rotatable bonds is 23. The van der Waals surface area contributed by atoms with Crippen molar-refractivity contribution in [3.63, 3.8) is 0 Å². The smallest absolute Gasteiger partial charge is 0.309 e. The van der Waals surface area contributed by atoms with Gasteiger partial charge in [0.2, 0.25) is 0 Å². The van der Waals surface area contributed by atoms with Crippen LogP contribution in [0.5, 0.6) is 0 Å². The lowest BCUT2D eigenvalue weighted by Crippen LogP contribution is -2.48. The van der Waals surface area contributed by atoms with Gasteiger partial charge in [-0.1, -0.05) is 80.1 Å². The average Bonchev–Trinajstić information content (AvgIpc) is 2.93. The van der Waals surface area contributed by atoms with Crippen molar-refractivity contribution >= 4 is 23.8 Å². The van der Waals surface area contributed by atoms with Crippen LogP contribution in [-0.2, 0) is 33.4 Å². The molecule has 0 aromatic carbocycles. The maximum absolute atomic E-state index is 13.6. The number of unbranched alkanes of at least 4 members (excludes halogenated alkanes) is 3. The predicted molar refractivity (Wildman–Crippen MR) is 163 cm³/mol. The molecule has 0 fully saturated rings. The summed E-state index contributed by atoms with van der Waals surface area (Å²) < 4.78 is 17.1. The first-order valence-electron chi connectivity index (χ1n) is 16.4. The highest BCUT2D eigenvalue weighted by Crippen LogP contribution is 2.19. The molecule has 41 heavy (non-hydrogen) atoms. The number of amides is 1. The lowest BCUT2D eigenvalue weighted by Gasteiger charge is -2.31. The SMILES string of the molecule is CCCC[C@@H](CC)C(=O)O[C@@H](C)C(=O)N(C[C@H](C)OC(=O)[C@H](CC)CCCC)C[C@H](C)OC(=O)[C@H](CC)CCCC. The number of hydrogen-bond donors (Lipinski definition) is 0. The van der Waals surface area contributed by atoms with Crippen LogP contribution >= 0.6 is 0 Å². The van der Waals surface area contributed by atoms with E-state index in [0.717, 1.165) is 57.8 Å². The molecule has 0 rings (SSSR count). The molecule has 0 aliphatic carbocycles. The van der Waals surface area contributed by atoms with Crippen LogP contribution in [0.1, 0.15) is 139 Å². The summed E-state index contributed by atoms with van der Waals surface area (Å²) in [6.07, 6.45) is 7.96. The second-order valence-corrected chi connectivity index (χ2v) is 11.6. The fraction of sp³-hybridized carbons (Fsp3) is 0.879. The van der Waals surface area contributed by atoms with Crippen LogP contribution in [0.4, 0.5) is 0 Å². The molecule has 0 aromatic heterocycles. The van der Waals surface area contributed by atoms with Crippen molar-refractivity contribution < 1.29 is 33.4 Å². The van der Waals surface area contributed by atoms with E-state index in [0.29, 0.717) is 19.3 Å². The standard InChI is InChI=1S/C33H61NO7/c1-10-16-19-27(13-4)31(36)39-24(7)22-34(23-25(8)40-32(37)28(14-5)20-17-11-2)30(35)26(9)41-33(38)29(15-6)21-18-12-3/h24-29H,10-23H2,1-9H3/t24-,25-,26-,27+,28+,29+/m0/s1. The quantitative estimate of drug-likeness (QED) is 0.0922. The summed E-state index contributed by atoms with van der Waals surface area (Å²) in [6.45, 7) is 17.5. The molecule has 0 unspecified atom stereocenters. The summed E-state index contributed by atoms with van der Waals surface area (Å²) in [7, 11) is 0. The maximum Gasteiger partial charge on any atom is 0.309 e. The van der Waals surface area contributed by atoms with Crippen molar-refractivity contribution in [1.29, 1.82) is 0 Å².